The van der Waals surface area contributed by atoms with Crippen molar-refractivity contribution in [3.05, 3.63) is 14.7 Å². The third-order valence-electron chi connectivity index (χ3n) is 2.73. The lowest BCUT2D eigenvalue weighted by Gasteiger charge is -2.15. The number of thiophene rings is 1. The van der Waals surface area contributed by atoms with E-state index in [1.54, 1.807) is 17.8 Å². The van der Waals surface area contributed by atoms with Crippen molar-refractivity contribution in [2.45, 2.75) is 37.8 Å². The summed E-state index contributed by atoms with van der Waals surface area (Å²) in [6.07, 6.45) is 2.76. The van der Waals surface area contributed by atoms with Crippen molar-refractivity contribution in [1.82, 2.24) is 10.0 Å². The van der Waals surface area contributed by atoms with Gasteiger partial charge in [-0.1, -0.05) is 13.8 Å². The molecule has 116 valence electrons. The van der Waals surface area contributed by atoms with E-state index < -0.39 is 10.0 Å². The van der Waals surface area contributed by atoms with Gasteiger partial charge in [0.05, 0.1) is 3.79 Å². The quantitative estimate of drug-likeness (QED) is 0.668. The Hall–Kier alpha value is 0.400. The maximum absolute atomic E-state index is 12.4. The number of halogens is 1. The molecular formula is C12H21BrN2O2S3. The summed E-state index contributed by atoms with van der Waals surface area (Å²) in [7, 11) is -3.46. The van der Waals surface area contributed by atoms with Crippen LogP contribution >= 0.6 is 39.0 Å². The summed E-state index contributed by atoms with van der Waals surface area (Å²) in [5, 5.41) is 3.20. The highest BCUT2D eigenvalue weighted by Gasteiger charge is 2.23. The van der Waals surface area contributed by atoms with Crippen LogP contribution in [-0.4, -0.2) is 33.0 Å². The lowest BCUT2D eigenvalue weighted by atomic mass is 10.3. The Kier molecular flexibility index (Phi) is 8.07. The van der Waals surface area contributed by atoms with Crippen molar-refractivity contribution in [1.29, 1.82) is 0 Å². The summed E-state index contributed by atoms with van der Waals surface area (Å²) in [4.78, 5) is 1.35. The smallest absolute Gasteiger partial charge is 0.242 e. The van der Waals surface area contributed by atoms with Crippen LogP contribution in [0.15, 0.2) is 14.7 Å². The van der Waals surface area contributed by atoms with E-state index in [1.807, 2.05) is 20.1 Å². The van der Waals surface area contributed by atoms with Crippen molar-refractivity contribution >= 4 is 49.1 Å². The summed E-state index contributed by atoms with van der Waals surface area (Å²) >= 11 is 6.47. The standard InChI is InChI=1S/C12H21BrN2O2S3/c1-4-9(8-18-3)15-20(16,17)11-6-10(7-14-5-2)19-12(11)13/h6,9,14-15H,4-5,7-8H2,1-3H3. The predicted octanol–water partition coefficient (Wildman–Crippen LogP) is 3.04. The maximum Gasteiger partial charge on any atom is 0.242 e. The molecule has 0 aliphatic heterocycles. The number of hydrogen-bond acceptors (Lipinski definition) is 5. The van der Waals surface area contributed by atoms with Gasteiger partial charge in [-0.15, -0.1) is 11.3 Å². The van der Waals surface area contributed by atoms with E-state index in [0.717, 1.165) is 23.6 Å². The fourth-order valence-electron chi connectivity index (χ4n) is 1.64. The molecule has 8 heteroatoms. The van der Waals surface area contributed by atoms with Crippen molar-refractivity contribution in [2.75, 3.05) is 18.6 Å². The molecule has 0 radical (unpaired) electrons. The van der Waals surface area contributed by atoms with Gasteiger partial charge >= 0.3 is 0 Å². The lowest BCUT2D eigenvalue weighted by Crippen LogP contribution is -2.36. The lowest BCUT2D eigenvalue weighted by molar-refractivity contribution is 0.558. The molecule has 1 atom stereocenters. The number of sulfonamides is 1. The van der Waals surface area contributed by atoms with Crippen LogP contribution in [0, 0.1) is 0 Å². The van der Waals surface area contributed by atoms with E-state index in [4.69, 9.17) is 0 Å². The van der Waals surface area contributed by atoms with E-state index >= 15 is 0 Å². The Labute approximate surface area is 138 Å². The van der Waals surface area contributed by atoms with E-state index in [-0.39, 0.29) is 6.04 Å². The topological polar surface area (TPSA) is 58.2 Å². The van der Waals surface area contributed by atoms with Crippen LogP contribution in [0.25, 0.3) is 0 Å². The molecule has 0 spiro atoms. The van der Waals surface area contributed by atoms with Gasteiger partial charge < -0.3 is 5.32 Å². The van der Waals surface area contributed by atoms with Crippen LogP contribution in [-0.2, 0) is 16.6 Å². The van der Waals surface area contributed by atoms with Crippen LogP contribution in [0.3, 0.4) is 0 Å². The summed E-state index contributed by atoms with van der Waals surface area (Å²) in [6, 6.07) is 1.71. The van der Waals surface area contributed by atoms with Gasteiger partial charge in [-0.25, -0.2) is 13.1 Å². The Morgan fingerprint density at radius 1 is 1.45 bits per heavy atom. The fourth-order valence-corrected chi connectivity index (χ4v) is 6.43. The number of thioether (sulfide) groups is 1. The molecule has 0 bridgehead atoms. The van der Waals surface area contributed by atoms with Crippen molar-refractivity contribution in [3.63, 3.8) is 0 Å². The van der Waals surface area contributed by atoms with Gasteiger partial charge in [0.2, 0.25) is 10.0 Å². The molecule has 1 heterocycles. The van der Waals surface area contributed by atoms with Crippen molar-refractivity contribution in [3.8, 4) is 0 Å². The van der Waals surface area contributed by atoms with E-state index in [0.29, 0.717) is 15.2 Å². The Bertz CT molecular complexity index is 517. The number of hydrogen-bond donors (Lipinski definition) is 2. The van der Waals surface area contributed by atoms with Gasteiger partial charge in [0.15, 0.2) is 0 Å². The molecule has 20 heavy (non-hydrogen) atoms. The molecular weight excluding hydrogens is 380 g/mol. The van der Waals surface area contributed by atoms with E-state index in [2.05, 4.69) is 26.0 Å². The highest BCUT2D eigenvalue weighted by atomic mass is 79.9. The van der Waals surface area contributed by atoms with Gasteiger partial charge in [-0.05, 0) is 41.2 Å². The minimum Gasteiger partial charge on any atom is -0.312 e. The minimum absolute atomic E-state index is 0.0287. The first-order valence-corrected chi connectivity index (χ1v) is 10.9. The zero-order valence-corrected chi connectivity index (χ0v) is 15.9. The maximum atomic E-state index is 12.4. The van der Waals surface area contributed by atoms with Gasteiger partial charge in [-0.2, -0.15) is 11.8 Å². The minimum atomic E-state index is -3.46. The van der Waals surface area contributed by atoms with Crippen LogP contribution < -0.4 is 10.0 Å². The summed E-state index contributed by atoms with van der Waals surface area (Å²) in [5.41, 5.74) is 0. The van der Waals surface area contributed by atoms with Crippen LogP contribution in [0.2, 0.25) is 0 Å². The van der Waals surface area contributed by atoms with E-state index in [9.17, 15) is 8.42 Å². The molecule has 0 fully saturated rings. The Balaban J connectivity index is 2.88. The second kappa shape index (κ2) is 8.75. The predicted molar refractivity (Wildman–Crippen MR) is 92.2 cm³/mol. The average Bonchev–Trinajstić information content (AvgIpc) is 2.77. The van der Waals surface area contributed by atoms with Crippen LogP contribution in [0.4, 0.5) is 0 Å². The van der Waals surface area contributed by atoms with Crippen molar-refractivity contribution < 1.29 is 8.42 Å². The second-order valence-electron chi connectivity index (χ2n) is 4.31. The zero-order valence-electron chi connectivity index (χ0n) is 11.9. The number of rotatable bonds is 9. The second-order valence-corrected chi connectivity index (χ2v) is 9.36. The average molecular weight is 401 g/mol. The third-order valence-corrected chi connectivity index (χ3v) is 7.24. The molecule has 0 aliphatic rings. The summed E-state index contributed by atoms with van der Waals surface area (Å²) in [6.45, 7) is 5.57. The van der Waals surface area contributed by atoms with Crippen molar-refractivity contribution in [2.24, 2.45) is 0 Å². The zero-order chi connectivity index (χ0) is 15.2. The first-order chi connectivity index (χ1) is 9.44. The largest absolute Gasteiger partial charge is 0.312 e. The third kappa shape index (κ3) is 5.31. The molecule has 1 aromatic rings. The number of nitrogens with one attached hydrogen (secondary N) is 2. The highest BCUT2D eigenvalue weighted by molar-refractivity contribution is 9.11. The molecule has 4 nitrogen and oxygen atoms in total. The molecule has 1 unspecified atom stereocenters. The molecule has 0 saturated carbocycles. The molecule has 1 aromatic heterocycles. The molecule has 0 aliphatic carbocycles. The molecule has 1 rings (SSSR count). The summed E-state index contributed by atoms with van der Waals surface area (Å²) in [5.74, 6) is 0.779. The molecule has 0 saturated heterocycles. The molecule has 0 aromatic carbocycles. The van der Waals surface area contributed by atoms with Gasteiger partial charge in [0.25, 0.3) is 0 Å². The Morgan fingerprint density at radius 3 is 2.70 bits per heavy atom. The fraction of sp³-hybridized carbons (Fsp3) is 0.667. The highest BCUT2D eigenvalue weighted by Crippen LogP contribution is 2.31. The van der Waals surface area contributed by atoms with Gasteiger partial charge in [-0.3, -0.25) is 0 Å². The first-order valence-electron chi connectivity index (χ1n) is 6.44. The normalized spacial score (nSPS) is 13.6. The molecule has 2 N–H and O–H groups in total. The van der Waals surface area contributed by atoms with E-state index in [1.165, 1.54) is 11.3 Å². The van der Waals surface area contributed by atoms with Crippen LogP contribution in [0.5, 0.6) is 0 Å². The van der Waals surface area contributed by atoms with Crippen LogP contribution in [0.1, 0.15) is 25.1 Å². The SMILES string of the molecule is CCNCc1cc(S(=O)(=O)NC(CC)CSC)c(Br)s1. The summed E-state index contributed by atoms with van der Waals surface area (Å²) < 4.78 is 28.3. The van der Waals surface area contributed by atoms with Gasteiger partial charge in [0.1, 0.15) is 4.90 Å². The van der Waals surface area contributed by atoms with Gasteiger partial charge in [0, 0.05) is 23.2 Å². The molecule has 0 amide bonds. The Morgan fingerprint density at radius 2 is 2.15 bits per heavy atom. The monoisotopic (exact) mass is 400 g/mol. The first kappa shape index (κ1) is 18.4.